The van der Waals surface area contributed by atoms with E-state index in [4.69, 9.17) is 0 Å². The van der Waals surface area contributed by atoms with E-state index < -0.39 is 15.8 Å². The summed E-state index contributed by atoms with van der Waals surface area (Å²) in [5.74, 6) is -0.488. The van der Waals surface area contributed by atoms with Crippen molar-refractivity contribution in [3.63, 3.8) is 0 Å². The fourth-order valence-electron chi connectivity index (χ4n) is 3.44. The lowest BCUT2D eigenvalue weighted by molar-refractivity contribution is 0.318. The number of halogens is 1. The van der Waals surface area contributed by atoms with Crippen molar-refractivity contribution >= 4 is 20.9 Å². The van der Waals surface area contributed by atoms with Gasteiger partial charge < -0.3 is 5.32 Å². The van der Waals surface area contributed by atoms with Gasteiger partial charge in [0.1, 0.15) is 5.82 Å². The van der Waals surface area contributed by atoms with Crippen molar-refractivity contribution in [2.24, 2.45) is 0 Å². The average molecular weight is 396 g/mol. The van der Waals surface area contributed by atoms with Gasteiger partial charge in [0.25, 0.3) is 10.0 Å². The highest BCUT2D eigenvalue weighted by Crippen LogP contribution is 2.33. The summed E-state index contributed by atoms with van der Waals surface area (Å²) in [5.41, 5.74) is 1.80. The molecule has 2 aromatic heterocycles. The molecule has 0 atom stereocenters. The van der Waals surface area contributed by atoms with Gasteiger partial charge in [0.05, 0.1) is 22.7 Å². The van der Waals surface area contributed by atoms with Gasteiger partial charge in [0.15, 0.2) is 0 Å². The summed E-state index contributed by atoms with van der Waals surface area (Å²) in [7, 11) is -3.86. The molecule has 1 saturated heterocycles. The first-order valence-electron chi connectivity index (χ1n) is 8.90. The largest absolute Gasteiger partial charge is 0.312 e. The van der Waals surface area contributed by atoms with Crippen molar-refractivity contribution in [2.75, 3.05) is 13.1 Å². The van der Waals surface area contributed by atoms with Gasteiger partial charge in [-0.25, -0.2) is 16.8 Å². The third-order valence-electron chi connectivity index (χ3n) is 5.08. The summed E-state index contributed by atoms with van der Waals surface area (Å²) in [5, 5.41) is 8.27. The Bertz CT molecular complexity index is 1270. The lowest BCUT2D eigenvalue weighted by Crippen LogP contribution is -2.43. The van der Waals surface area contributed by atoms with E-state index in [0.717, 1.165) is 22.6 Å². The minimum Gasteiger partial charge on any atom is -0.312 e. The summed E-state index contributed by atoms with van der Waals surface area (Å²) >= 11 is 0. The Hall–Kier alpha value is -2.97. The van der Waals surface area contributed by atoms with E-state index in [1.807, 2.05) is 10.9 Å². The fraction of sp³-hybridized carbons (Fsp3) is 0.150. The van der Waals surface area contributed by atoms with E-state index in [0.29, 0.717) is 22.5 Å². The fourth-order valence-corrected chi connectivity index (χ4v) is 4.83. The maximum absolute atomic E-state index is 14.0. The van der Waals surface area contributed by atoms with Gasteiger partial charge in [-0.05, 0) is 30.3 Å². The summed E-state index contributed by atoms with van der Waals surface area (Å²) < 4.78 is 43.3. The second-order valence-corrected chi connectivity index (χ2v) is 8.65. The standard InChI is InChI=1S/C20H17FN4O2S/c21-15-6-7-18-19(14-9-23-24(12-14)16-10-22-11-16)13-25(20(18)8-15)28(26,27)17-4-2-1-3-5-17/h1-9,12-13,16,22H,10-11H2. The molecule has 1 aliphatic rings. The third kappa shape index (κ3) is 2.64. The minimum atomic E-state index is -3.86. The molecule has 3 heterocycles. The predicted molar refractivity (Wildman–Crippen MR) is 104 cm³/mol. The van der Waals surface area contributed by atoms with Crippen LogP contribution < -0.4 is 5.32 Å². The molecule has 0 saturated carbocycles. The maximum atomic E-state index is 14.0. The molecule has 8 heteroatoms. The van der Waals surface area contributed by atoms with Crippen molar-refractivity contribution in [3.05, 3.63) is 72.9 Å². The van der Waals surface area contributed by atoms with Gasteiger partial charge in [-0.1, -0.05) is 18.2 Å². The Morgan fingerprint density at radius 3 is 2.57 bits per heavy atom. The van der Waals surface area contributed by atoms with Crippen LogP contribution in [0, 0.1) is 5.82 Å². The van der Waals surface area contributed by atoms with Crippen LogP contribution in [0.25, 0.3) is 22.0 Å². The first kappa shape index (κ1) is 17.2. The molecule has 0 amide bonds. The second-order valence-electron chi connectivity index (χ2n) is 6.84. The lowest BCUT2D eigenvalue weighted by Gasteiger charge is -2.27. The van der Waals surface area contributed by atoms with Crippen molar-refractivity contribution in [2.45, 2.75) is 10.9 Å². The summed E-state index contributed by atoms with van der Waals surface area (Å²) in [6, 6.07) is 12.6. The normalized spacial score (nSPS) is 15.0. The minimum absolute atomic E-state index is 0.152. The zero-order valence-electron chi connectivity index (χ0n) is 14.8. The zero-order chi connectivity index (χ0) is 19.3. The first-order valence-corrected chi connectivity index (χ1v) is 10.3. The number of benzene rings is 2. The molecule has 142 valence electrons. The van der Waals surface area contributed by atoms with Crippen LogP contribution >= 0.6 is 0 Å². The van der Waals surface area contributed by atoms with E-state index in [1.165, 1.54) is 24.3 Å². The Morgan fingerprint density at radius 2 is 1.86 bits per heavy atom. The van der Waals surface area contributed by atoms with E-state index >= 15 is 0 Å². The van der Waals surface area contributed by atoms with Gasteiger partial charge in [-0.15, -0.1) is 0 Å². The molecule has 0 aliphatic carbocycles. The molecular formula is C20H17FN4O2S. The molecule has 0 unspecified atom stereocenters. The Kier molecular flexibility index (Phi) is 3.85. The van der Waals surface area contributed by atoms with Crippen LogP contribution in [0.2, 0.25) is 0 Å². The van der Waals surface area contributed by atoms with Gasteiger partial charge in [-0.2, -0.15) is 5.10 Å². The van der Waals surface area contributed by atoms with Crippen LogP contribution in [0.4, 0.5) is 4.39 Å². The molecule has 4 aromatic rings. The maximum Gasteiger partial charge on any atom is 0.268 e. The number of fused-ring (bicyclic) bond motifs is 1. The van der Waals surface area contributed by atoms with Crippen LogP contribution in [0.5, 0.6) is 0 Å². The molecule has 0 bridgehead atoms. The molecule has 28 heavy (non-hydrogen) atoms. The van der Waals surface area contributed by atoms with Crippen molar-refractivity contribution in [3.8, 4) is 11.1 Å². The monoisotopic (exact) mass is 396 g/mol. The highest BCUT2D eigenvalue weighted by Gasteiger charge is 2.24. The van der Waals surface area contributed by atoms with Crippen LogP contribution in [0.3, 0.4) is 0 Å². The molecule has 2 aromatic carbocycles. The number of nitrogens with zero attached hydrogens (tertiary/aromatic N) is 3. The smallest absolute Gasteiger partial charge is 0.268 e. The first-order chi connectivity index (χ1) is 13.5. The van der Waals surface area contributed by atoms with Crippen LogP contribution in [-0.2, 0) is 10.0 Å². The highest BCUT2D eigenvalue weighted by molar-refractivity contribution is 7.90. The number of nitrogens with one attached hydrogen (secondary N) is 1. The van der Waals surface area contributed by atoms with Crippen LogP contribution in [0.1, 0.15) is 6.04 Å². The number of rotatable bonds is 4. The topological polar surface area (TPSA) is 68.9 Å². The summed E-state index contributed by atoms with van der Waals surface area (Å²) in [4.78, 5) is 0.152. The molecule has 1 aliphatic heterocycles. The Labute approximate surface area is 161 Å². The molecule has 1 fully saturated rings. The highest BCUT2D eigenvalue weighted by atomic mass is 32.2. The molecule has 1 N–H and O–H groups in total. The van der Waals surface area contributed by atoms with Gasteiger partial charge >= 0.3 is 0 Å². The Morgan fingerprint density at radius 1 is 1.07 bits per heavy atom. The average Bonchev–Trinajstić information content (AvgIpc) is 3.26. The molecule has 0 radical (unpaired) electrons. The molecular weight excluding hydrogens is 379 g/mol. The van der Waals surface area contributed by atoms with Crippen molar-refractivity contribution in [1.82, 2.24) is 19.1 Å². The number of hydrogen-bond donors (Lipinski definition) is 1. The second kappa shape index (κ2) is 6.29. The SMILES string of the molecule is O=S(=O)(c1ccccc1)n1cc(-c2cnn(C3CNC3)c2)c2ccc(F)cc21. The molecule has 0 spiro atoms. The van der Waals surface area contributed by atoms with Crippen LogP contribution in [-0.4, -0.2) is 35.3 Å². The molecule has 6 nitrogen and oxygen atoms in total. The number of aromatic nitrogens is 3. The van der Waals surface area contributed by atoms with E-state index in [-0.39, 0.29) is 4.90 Å². The van der Waals surface area contributed by atoms with Crippen molar-refractivity contribution < 1.29 is 12.8 Å². The van der Waals surface area contributed by atoms with E-state index in [1.54, 1.807) is 36.7 Å². The number of hydrogen-bond acceptors (Lipinski definition) is 4. The zero-order valence-corrected chi connectivity index (χ0v) is 15.6. The predicted octanol–water partition coefficient (Wildman–Crippen LogP) is 3.03. The lowest BCUT2D eigenvalue weighted by atomic mass is 10.1. The quantitative estimate of drug-likeness (QED) is 0.576. The Balaban J connectivity index is 1.71. The van der Waals surface area contributed by atoms with Crippen molar-refractivity contribution in [1.29, 1.82) is 0 Å². The summed E-state index contributed by atoms with van der Waals surface area (Å²) in [6.45, 7) is 1.72. The van der Waals surface area contributed by atoms with Crippen LogP contribution in [0.15, 0.2) is 72.0 Å². The summed E-state index contributed by atoms with van der Waals surface area (Å²) in [6.07, 6.45) is 5.17. The van der Waals surface area contributed by atoms with Gasteiger partial charge in [0.2, 0.25) is 0 Å². The van der Waals surface area contributed by atoms with Gasteiger partial charge in [0, 0.05) is 42.0 Å². The van der Waals surface area contributed by atoms with E-state index in [2.05, 4.69) is 10.4 Å². The van der Waals surface area contributed by atoms with Gasteiger partial charge in [-0.3, -0.25) is 4.68 Å². The third-order valence-corrected chi connectivity index (χ3v) is 6.77. The molecule has 5 rings (SSSR count). The van der Waals surface area contributed by atoms with E-state index in [9.17, 15) is 12.8 Å².